The standard InChI is InChI=1S/C15H15FN2O2/c16-9-3-4-10-11(6-9)12-7-17-8-18(12)14(10)15-13(19)2-1-5-20-15/h3-4,6-8,13-15,19H,1-2,5H2. The Morgan fingerprint density at radius 2 is 2.30 bits per heavy atom. The van der Waals surface area contributed by atoms with Crippen LogP contribution >= 0.6 is 0 Å². The van der Waals surface area contributed by atoms with Crippen LogP contribution in [0.3, 0.4) is 0 Å². The van der Waals surface area contributed by atoms with Crippen molar-refractivity contribution in [3.05, 3.63) is 42.1 Å². The summed E-state index contributed by atoms with van der Waals surface area (Å²) in [5.74, 6) is -0.262. The molecule has 0 radical (unpaired) electrons. The monoisotopic (exact) mass is 274 g/mol. The van der Waals surface area contributed by atoms with Crippen LogP contribution in [0.5, 0.6) is 0 Å². The van der Waals surface area contributed by atoms with Crippen LogP contribution in [-0.4, -0.2) is 33.5 Å². The minimum atomic E-state index is -0.500. The first-order valence-electron chi connectivity index (χ1n) is 6.87. The summed E-state index contributed by atoms with van der Waals surface area (Å²) in [5, 5.41) is 10.2. The number of rotatable bonds is 1. The fraction of sp³-hybridized carbons (Fsp3) is 0.400. The number of benzene rings is 1. The van der Waals surface area contributed by atoms with Gasteiger partial charge < -0.3 is 14.4 Å². The highest BCUT2D eigenvalue weighted by atomic mass is 19.1. The summed E-state index contributed by atoms with van der Waals surface area (Å²) in [4.78, 5) is 4.15. The predicted molar refractivity (Wildman–Crippen MR) is 70.7 cm³/mol. The smallest absolute Gasteiger partial charge is 0.123 e. The van der Waals surface area contributed by atoms with E-state index in [0.29, 0.717) is 6.61 Å². The third-order valence-electron chi connectivity index (χ3n) is 4.22. The maximum absolute atomic E-state index is 13.5. The average Bonchev–Trinajstić information content (AvgIpc) is 3.00. The summed E-state index contributed by atoms with van der Waals surface area (Å²) in [5.41, 5.74) is 2.72. The summed E-state index contributed by atoms with van der Waals surface area (Å²) >= 11 is 0. The number of hydrogen-bond acceptors (Lipinski definition) is 3. The molecule has 2 aromatic rings. The van der Waals surface area contributed by atoms with E-state index < -0.39 is 6.10 Å². The third kappa shape index (κ3) is 1.63. The molecule has 20 heavy (non-hydrogen) atoms. The van der Waals surface area contributed by atoms with Gasteiger partial charge in [0, 0.05) is 12.2 Å². The lowest BCUT2D eigenvalue weighted by Crippen LogP contribution is -2.40. The highest BCUT2D eigenvalue weighted by Gasteiger charge is 2.39. The Morgan fingerprint density at radius 3 is 3.15 bits per heavy atom. The Bertz CT molecular complexity index is 655. The zero-order valence-corrected chi connectivity index (χ0v) is 10.9. The molecule has 0 aliphatic carbocycles. The van der Waals surface area contributed by atoms with Crippen molar-refractivity contribution >= 4 is 0 Å². The highest BCUT2D eigenvalue weighted by Crippen LogP contribution is 2.43. The summed E-state index contributed by atoms with van der Waals surface area (Å²) < 4.78 is 21.3. The summed E-state index contributed by atoms with van der Waals surface area (Å²) in [6.45, 7) is 0.652. The van der Waals surface area contributed by atoms with Crippen LogP contribution < -0.4 is 0 Å². The summed E-state index contributed by atoms with van der Waals surface area (Å²) in [6, 6.07) is 4.64. The summed E-state index contributed by atoms with van der Waals surface area (Å²) in [6.07, 6.45) is 4.26. The molecule has 3 atom stereocenters. The maximum atomic E-state index is 13.5. The molecular formula is C15H15FN2O2. The number of nitrogens with zero attached hydrogens (tertiary/aromatic N) is 2. The summed E-state index contributed by atoms with van der Waals surface area (Å²) in [7, 11) is 0. The van der Waals surface area contributed by atoms with Gasteiger partial charge in [0.05, 0.1) is 30.4 Å². The van der Waals surface area contributed by atoms with Crippen molar-refractivity contribution in [1.82, 2.24) is 9.55 Å². The van der Waals surface area contributed by atoms with Crippen molar-refractivity contribution in [2.45, 2.75) is 31.1 Å². The molecule has 0 saturated carbocycles. The van der Waals surface area contributed by atoms with Gasteiger partial charge in [-0.1, -0.05) is 6.07 Å². The lowest BCUT2D eigenvalue weighted by atomic mass is 9.93. The first-order valence-corrected chi connectivity index (χ1v) is 6.87. The van der Waals surface area contributed by atoms with E-state index in [1.165, 1.54) is 12.1 Å². The van der Waals surface area contributed by atoms with E-state index >= 15 is 0 Å². The lowest BCUT2D eigenvalue weighted by molar-refractivity contribution is -0.0892. The van der Waals surface area contributed by atoms with Gasteiger partial charge in [0.25, 0.3) is 0 Å². The quantitative estimate of drug-likeness (QED) is 0.866. The molecule has 3 unspecified atom stereocenters. The number of imidazole rings is 1. The number of hydrogen-bond donors (Lipinski definition) is 1. The Morgan fingerprint density at radius 1 is 1.40 bits per heavy atom. The number of fused-ring (bicyclic) bond motifs is 3. The van der Waals surface area contributed by atoms with Crippen molar-refractivity contribution in [1.29, 1.82) is 0 Å². The molecular weight excluding hydrogens is 259 g/mol. The molecule has 5 heteroatoms. The number of ether oxygens (including phenoxy) is 1. The zero-order valence-electron chi connectivity index (χ0n) is 10.9. The van der Waals surface area contributed by atoms with Crippen LogP contribution in [0.4, 0.5) is 4.39 Å². The van der Waals surface area contributed by atoms with Crippen molar-refractivity contribution in [2.24, 2.45) is 0 Å². The second-order valence-electron chi connectivity index (χ2n) is 5.41. The molecule has 1 N–H and O–H groups in total. The highest BCUT2D eigenvalue weighted by molar-refractivity contribution is 5.69. The molecule has 0 bridgehead atoms. The Hall–Kier alpha value is -1.72. The third-order valence-corrected chi connectivity index (χ3v) is 4.22. The van der Waals surface area contributed by atoms with Gasteiger partial charge in [-0.3, -0.25) is 0 Å². The number of aromatic nitrogens is 2. The fourth-order valence-corrected chi connectivity index (χ4v) is 3.32. The molecule has 2 aliphatic heterocycles. The van der Waals surface area contributed by atoms with Crippen LogP contribution in [0.15, 0.2) is 30.7 Å². The zero-order chi connectivity index (χ0) is 13.7. The normalized spacial score (nSPS) is 28.2. The average molecular weight is 274 g/mol. The largest absolute Gasteiger partial charge is 0.390 e. The Balaban J connectivity index is 1.85. The van der Waals surface area contributed by atoms with Crippen LogP contribution in [0, 0.1) is 5.82 Å². The topological polar surface area (TPSA) is 47.3 Å². The van der Waals surface area contributed by atoms with Gasteiger partial charge in [-0.25, -0.2) is 9.37 Å². The lowest BCUT2D eigenvalue weighted by Gasteiger charge is -2.33. The van der Waals surface area contributed by atoms with E-state index in [1.807, 2.05) is 4.57 Å². The van der Waals surface area contributed by atoms with E-state index in [-0.39, 0.29) is 18.0 Å². The van der Waals surface area contributed by atoms with Crippen molar-refractivity contribution < 1.29 is 14.2 Å². The molecule has 3 heterocycles. The molecule has 0 amide bonds. The molecule has 0 spiro atoms. The molecule has 4 nitrogen and oxygen atoms in total. The Labute approximate surface area is 115 Å². The van der Waals surface area contributed by atoms with Gasteiger partial charge in [0.1, 0.15) is 11.9 Å². The molecule has 4 rings (SSSR count). The maximum Gasteiger partial charge on any atom is 0.123 e. The molecule has 2 aliphatic rings. The first-order chi connectivity index (χ1) is 9.75. The molecule has 104 valence electrons. The van der Waals surface area contributed by atoms with Crippen molar-refractivity contribution in [3.8, 4) is 11.3 Å². The number of aliphatic hydroxyl groups excluding tert-OH is 1. The van der Waals surface area contributed by atoms with E-state index in [9.17, 15) is 9.50 Å². The minimum absolute atomic E-state index is 0.126. The van der Waals surface area contributed by atoms with Crippen LogP contribution in [-0.2, 0) is 4.74 Å². The second kappa shape index (κ2) is 4.40. The van der Waals surface area contributed by atoms with E-state index in [2.05, 4.69) is 4.98 Å². The number of aliphatic hydroxyl groups is 1. The molecule has 1 fully saturated rings. The van der Waals surface area contributed by atoms with Gasteiger partial charge in [-0.15, -0.1) is 0 Å². The van der Waals surface area contributed by atoms with Gasteiger partial charge in [-0.05, 0) is 30.5 Å². The van der Waals surface area contributed by atoms with Crippen molar-refractivity contribution in [2.75, 3.05) is 6.61 Å². The second-order valence-corrected chi connectivity index (χ2v) is 5.41. The van der Waals surface area contributed by atoms with Gasteiger partial charge in [0.2, 0.25) is 0 Å². The van der Waals surface area contributed by atoms with E-state index in [1.54, 1.807) is 18.6 Å². The minimum Gasteiger partial charge on any atom is -0.390 e. The fourth-order valence-electron chi connectivity index (χ4n) is 3.32. The van der Waals surface area contributed by atoms with Crippen LogP contribution in [0.25, 0.3) is 11.3 Å². The van der Waals surface area contributed by atoms with E-state index in [0.717, 1.165) is 29.7 Å². The first kappa shape index (κ1) is 12.1. The molecule has 1 aromatic carbocycles. The van der Waals surface area contributed by atoms with Crippen molar-refractivity contribution in [3.63, 3.8) is 0 Å². The van der Waals surface area contributed by atoms with Crippen LogP contribution in [0.1, 0.15) is 24.4 Å². The van der Waals surface area contributed by atoms with Gasteiger partial charge in [-0.2, -0.15) is 0 Å². The Kier molecular flexibility index (Phi) is 2.65. The van der Waals surface area contributed by atoms with E-state index in [4.69, 9.17) is 4.74 Å². The van der Waals surface area contributed by atoms with Gasteiger partial charge in [0.15, 0.2) is 0 Å². The number of halogens is 1. The predicted octanol–water partition coefficient (Wildman–Crippen LogP) is 2.13. The molecule has 1 aromatic heterocycles. The van der Waals surface area contributed by atoms with Crippen LogP contribution in [0.2, 0.25) is 0 Å². The van der Waals surface area contributed by atoms with Gasteiger partial charge >= 0.3 is 0 Å². The molecule has 1 saturated heterocycles. The SMILES string of the molecule is OC1CCCOC1C1c2ccc(F)cc2-c2cncn21.